The van der Waals surface area contributed by atoms with Crippen LogP contribution in [0.1, 0.15) is 51.3 Å². The minimum Gasteiger partial charge on any atom is -0.493 e. The van der Waals surface area contributed by atoms with E-state index in [1.165, 1.54) is 0 Å². The van der Waals surface area contributed by atoms with Crippen molar-refractivity contribution in [1.29, 1.82) is 0 Å². The summed E-state index contributed by atoms with van der Waals surface area (Å²) >= 11 is 0. The molecule has 0 bridgehead atoms. The molecule has 0 amide bonds. The first-order valence-corrected chi connectivity index (χ1v) is 7.74. The highest BCUT2D eigenvalue weighted by atomic mass is 16.5. The lowest BCUT2D eigenvalue weighted by Gasteiger charge is -2.44. The maximum Gasteiger partial charge on any atom is 0.161 e. The van der Waals surface area contributed by atoms with E-state index in [1.807, 2.05) is 18.7 Å². The topological polar surface area (TPSA) is 74.3 Å². The van der Waals surface area contributed by atoms with Crippen molar-refractivity contribution in [2.45, 2.75) is 51.2 Å². The monoisotopic (exact) mass is 296 g/mol. The van der Waals surface area contributed by atoms with Crippen molar-refractivity contribution in [2.24, 2.45) is 18.8 Å². The zero-order valence-corrected chi connectivity index (χ0v) is 13.6. The first-order chi connectivity index (χ1) is 10.1. The molecule has 1 heterocycles. The van der Waals surface area contributed by atoms with Gasteiger partial charge in [-0.3, -0.25) is 10.5 Å². The van der Waals surface area contributed by atoms with Crippen molar-refractivity contribution in [3.63, 3.8) is 0 Å². The maximum absolute atomic E-state index is 6.21. The smallest absolute Gasteiger partial charge is 0.161 e. The zero-order valence-electron chi connectivity index (χ0n) is 13.6. The third-order valence-electron chi connectivity index (χ3n) is 4.69. The van der Waals surface area contributed by atoms with E-state index in [1.54, 1.807) is 13.3 Å². The first kappa shape index (κ1) is 16.3. The van der Waals surface area contributed by atoms with Crippen LogP contribution in [0.25, 0.3) is 0 Å². The van der Waals surface area contributed by atoms with E-state index in [9.17, 15) is 0 Å². The number of methoxy groups -OCH3 is 1. The summed E-state index contributed by atoms with van der Waals surface area (Å²) in [6.45, 7) is 5.01. The quantitative estimate of drug-likeness (QED) is 0.619. The van der Waals surface area contributed by atoms with Crippen LogP contribution in [0.3, 0.4) is 0 Å². The van der Waals surface area contributed by atoms with E-state index in [2.05, 4.69) is 17.4 Å². The molecule has 6 heteroatoms. The minimum absolute atomic E-state index is 0.132. The fourth-order valence-electron chi connectivity index (χ4n) is 3.45. The van der Waals surface area contributed by atoms with Crippen LogP contribution in [0.4, 0.5) is 0 Å². The van der Waals surface area contributed by atoms with Crippen molar-refractivity contribution in [3.05, 3.63) is 11.9 Å². The van der Waals surface area contributed by atoms with Gasteiger partial charge >= 0.3 is 0 Å². The third kappa shape index (κ3) is 3.07. The summed E-state index contributed by atoms with van der Waals surface area (Å²) in [5, 5.41) is 4.30. The molecule has 2 rings (SSSR count). The number of nitrogens with zero attached hydrogens (tertiary/aromatic N) is 2. The van der Waals surface area contributed by atoms with Gasteiger partial charge in [0.05, 0.1) is 24.9 Å². The van der Waals surface area contributed by atoms with E-state index >= 15 is 0 Å². The predicted octanol–water partition coefficient (Wildman–Crippen LogP) is 1.92. The highest BCUT2D eigenvalue weighted by Crippen LogP contribution is 2.44. The lowest BCUT2D eigenvalue weighted by molar-refractivity contribution is -0.0995. The highest BCUT2D eigenvalue weighted by molar-refractivity contribution is 5.30. The Morgan fingerprint density at radius 1 is 1.52 bits per heavy atom. The number of rotatable bonds is 6. The molecule has 1 unspecified atom stereocenters. The molecule has 0 spiro atoms. The zero-order chi connectivity index (χ0) is 15.5. The standard InChI is InChI=1S/C15H28N4O2/c1-5-21-15(8-6-11(2)7-9-15)14(18-16)13-12(20-4)10-17-19(13)3/h10-11,14,18H,5-9,16H2,1-4H3. The number of aromatic nitrogens is 2. The molecule has 21 heavy (non-hydrogen) atoms. The van der Waals surface area contributed by atoms with E-state index in [0.717, 1.165) is 43.0 Å². The van der Waals surface area contributed by atoms with Crippen LogP contribution in [0.2, 0.25) is 0 Å². The number of ether oxygens (including phenoxy) is 2. The van der Waals surface area contributed by atoms with Gasteiger partial charge in [0.2, 0.25) is 0 Å². The molecule has 3 N–H and O–H groups in total. The molecule has 1 saturated carbocycles. The first-order valence-electron chi connectivity index (χ1n) is 7.74. The second-order valence-electron chi connectivity index (χ2n) is 6.00. The van der Waals surface area contributed by atoms with E-state index in [-0.39, 0.29) is 11.6 Å². The Balaban J connectivity index is 2.38. The fraction of sp³-hybridized carbons (Fsp3) is 0.800. The molecule has 0 aliphatic heterocycles. The molecule has 1 fully saturated rings. The van der Waals surface area contributed by atoms with Gasteiger partial charge in [-0.2, -0.15) is 5.10 Å². The fourth-order valence-corrected chi connectivity index (χ4v) is 3.45. The summed E-state index contributed by atoms with van der Waals surface area (Å²) in [4.78, 5) is 0. The SMILES string of the molecule is CCOC1(C(NN)c2c(OC)cnn2C)CCC(C)CC1. The Kier molecular flexibility index (Phi) is 5.24. The summed E-state index contributed by atoms with van der Waals surface area (Å²) in [5.74, 6) is 7.40. The lowest BCUT2D eigenvalue weighted by Crippen LogP contribution is -2.51. The van der Waals surface area contributed by atoms with Gasteiger partial charge in [0.15, 0.2) is 5.75 Å². The number of hydrogen-bond donors (Lipinski definition) is 2. The van der Waals surface area contributed by atoms with E-state index in [4.69, 9.17) is 15.3 Å². The largest absolute Gasteiger partial charge is 0.493 e. The third-order valence-corrected chi connectivity index (χ3v) is 4.69. The molecule has 1 aromatic rings. The van der Waals surface area contributed by atoms with Crippen LogP contribution in [0.5, 0.6) is 5.75 Å². The van der Waals surface area contributed by atoms with Crippen LogP contribution >= 0.6 is 0 Å². The molecule has 6 nitrogen and oxygen atoms in total. The Hall–Kier alpha value is -1.11. The molecule has 1 aromatic heterocycles. The Morgan fingerprint density at radius 2 is 2.19 bits per heavy atom. The summed E-state index contributed by atoms with van der Waals surface area (Å²) in [6.07, 6.45) is 6.01. The average molecular weight is 296 g/mol. The Bertz CT molecular complexity index is 453. The summed E-state index contributed by atoms with van der Waals surface area (Å²) < 4.78 is 13.5. The van der Waals surface area contributed by atoms with Crippen LogP contribution < -0.4 is 16.0 Å². The second kappa shape index (κ2) is 6.77. The number of hydrazine groups is 1. The number of nitrogens with two attached hydrogens (primary N) is 1. The summed E-state index contributed by atoms with van der Waals surface area (Å²) in [7, 11) is 3.57. The second-order valence-corrected chi connectivity index (χ2v) is 6.00. The van der Waals surface area contributed by atoms with Crippen molar-refractivity contribution in [3.8, 4) is 5.75 Å². The Labute approximate surface area is 126 Å². The predicted molar refractivity (Wildman–Crippen MR) is 81.8 cm³/mol. The molecule has 0 radical (unpaired) electrons. The normalized spacial score (nSPS) is 27.6. The van der Waals surface area contributed by atoms with Gasteiger partial charge in [-0.1, -0.05) is 6.92 Å². The van der Waals surface area contributed by atoms with Gasteiger partial charge in [0.25, 0.3) is 0 Å². The number of hydrogen-bond acceptors (Lipinski definition) is 5. The summed E-state index contributed by atoms with van der Waals surface area (Å²) in [5.41, 5.74) is 3.62. The van der Waals surface area contributed by atoms with Crippen LogP contribution in [-0.4, -0.2) is 29.1 Å². The van der Waals surface area contributed by atoms with Gasteiger partial charge in [0, 0.05) is 13.7 Å². The average Bonchev–Trinajstić information content (AvgIpc) is 2.84. The minimum atomic E-state index is -0.295. The van der Waals surface area contributed by atoms with E-state index < -0.39 is 0 Å². The van der Waals surface area contributed by atoms with Crippen molar-refractivity contribution >= 4 is 0 Å². The van der Waals surface area contributed by atoms with Gasteiger partial charge in [-0.25, -0.2) is 5.43 Å². The number of nitrogens with one attached hydrogen (secondary N) is 1. The lowest BCUT2D eigenvalue weighted by atomic mass is 9.74. The molecular weight excluding hydrogens is 268 g/mol. The maximum atomic E-state index is 6.21. The number of aryl methyl sites for hydroxylation is 1. The van der Waals surface area contributed by atoms with Crippen molar-refractivity contribution in [1.82, 2.24) is 15.2 Å². The van der Waals surface area contributed by atoms with E-state index in [0.29, 0.717) is 6.61 Å². The van der Waals surface area contributed by atoms with Crippen LogP contribution in [0, 0.1) is 5.92 Å². The molecule has 1 aliphatic rings. The summed E-state index contributed by atoms with van der Waals surface area (Å²) in [6, 6.07) is -0.132. The van der Waals surface area contributed by atoms with Crippen LogP contribution in [0.15, 0.2) is 6.20 Å². The van der Waals surface area contributed by atoms with Crippen molar-refractivity contribution < 1.29 is 9.47 Å². The molecular formula is C15H28N4O2. The molecule has 1 aliphatic carbocycles. The molecule has 0 saturated heterocycles. The molecule has 120 valence electrons. The molecule has 0 aromatic carbocycles. The van der Waals surface area contributed by atoms with Crippen molar-refractivity contribution in [2.75, 3.05) is 13.7 Å². The molecule has 1 atom stereocenters. The Morgan fingerprint density at radius 3 is 2.71 bits per heavy atom. The highest BCUT2D eigenvalue weighted by Gasteiger charge is 2.45. The van der Waals surface area contributed by atoms with Crippen LogP contribution in [-0.2, 0) is 11.8 Å². The van der Waals surface area contributed by atoms with Gasteiger partial charge in [-0.15, -0.1) is 0 Å². The van der Waals surface area contributed by atoms with Gasteiger partial charge in [0.1, 0.15) is 5.69 Å². The van der Waals surface area contributed by atoms with Gasteiger partial charge < -0.3 is 9.47 Å². The van der Waals surface area contributed by atoms with Gasteiger partial charge in [-0.05, 0) is 38.5 Å².